The second-order valence-electron chi connectivity index (χ2n) is 5.38. The Labute approximate surface area is 146 Å². The van der Waals surface area contributed by atoms with E-state index in [0.717, 1.165) is 5.56 Å². The highest BCUT2D eigenvalue weighted by Gasteiger charge is 2.15. The summed E-state index contributed by atoms with van der Waals surface area (Å²) in [5.41, 5.74) is 2.72. The molecule has 5 nitrogen and oxygen atoms in total. The Bertz CT molecular complexity index is 744. The normalized spacial score (nSPS) is 11.5. The zero-order chi connectivity index (χ0) is 17.7. The second-order valence-corrected chi connectivity index (χ2v) is 5.82. The zero-order valence-corrected chi connectivity index (χ0v) is 14.5. The molecule has 6 heteroatoms. The summed E-state index contributed by atoms with van der Waals surface area (Å²) in [6.45, 7) is 3.64. The Morgan fingerprint density at radius 1 is 1.12 bits per heavy atom. The maximum atomic E-state index is 12.3. The minimum absolute atomic E-state index is 0.194. The number of carbonyl (C=O) groups is 2. The van der Waals surface area contributed by atoms with Gasteiger partial charge in [0.05, 0.1) is 12.7 Å². The van der Waals surface area contributed by atoms with Crippen LogP contribution in [0.15, 0.2) is 42.5 Å². The van der Waals surface area contributed by atoms with Crippen molar-refractivity contribution in [2.75, 3.05) is 17.7 Å². The molecule has 0 radical (unpaired) electrons. The van der Waals surface area contributed by atoms with Gasteiger partial charge in [0.1, 0.15) is 6.04 Å². The molecule has 0 spiro atoms. The number of anilines is 2. The standard InChI is InChI=1S/C18H19ClN2O3/c1-11-4-5-13(18(23)24-3)10-16(11)20-12(2)17(22)21-15-8-6-14(19)7-9-15/h4-10,12,20H,1-3H3,(H,21,22)/t12-/m1/s1. The first-order valence-corrected chi connectivity index (χ1v) is 7.80. The van der Waals surface area contributed by atoms with Gasteiger partial charge in [-0.25, -0.2) is 4.79 Å². The molecular formula is C18H19ClN2O3. The number of nitrogens with one attached hydrogen (secondary N) is 2. The molecule has 0 fully saturated rings. The van der Waals surface area contributed by atoms with Crippen molar-refractivity contribution in [1.82, 2.24) is 0 Å². The molecule has 1 amide bonds. The summed E-state index contributed by atoms with van der Waals surface area (Å²) in [6, 6.07) is 11.5. The van der Waals surface area contributed by atoms with E-state index in [-0.39, 0.29) is 5.91 Å². The van der Waals surface area contributed by atoms with E-state index >= 15 is 0 Å². The summed E-state index contributed by atoms with van der Waals surface area (Å²) in [5, 5.41) is 6.53. The van der Waals surface area contributed by atoms with Crippen molar-refractivity contribution in [2.24, 2.45) is 0 Å². The van der Waals surface area contributed by atoms with Crippen molar-refractivity contribution in [1.29, 1.82) is 0 Å². The summed E-state index contributed by atoms with van der Waals surface area (Å²) in [7, 11) is 1.33. The summed E-state index contributed by atoms with van der Waals surface area (Å²) < 4.78 is 4.72. The summed E-state index contributed by atoms with van der Waals surface area (Å²) >= 11 is 5.82. The number of methoxy groups -OCH3 is 1. The Kier molecular flexibility index (Phi) is 5.82. The van der Waals surface area contributed by atoms with Crippen molar-refractivity contribution in [2.45, 2.75) is 19.9 Å². The average molecular weight is 347 g/mol. The minimum atomic E-state index is -0.493. The van der Waals surface area contributed by atoms with Gasteiger partial charge in [0.15, 0.2) is 0 Å². The Morgan fingerprint density at radius 3 is 2.42 bits per heavy atom. The summed E-state index contributed by atoms with van der Waals surface area (Å²) in [6.07, 6.45) is 0. The molecule has 0 aliphatic rings. The minimum Gasteiger partial charge on any atom is -0.465 e. The predicted molar refractivity (Wildman–Crippen MR) is 95.7 cm³/mol. The number of carbonyl (C=O) groups excluding carboxylic acids is 2. The highest BCUT2D eigenvalue weighted by molar-refractivity contribution is 6.30. The van der Waals surface area contributed by atoms with E-state index in [4.69, 9.17) is 16.3 Å². The number of esters is 1. The first kappa shape index (κ1) is 17.8. The SMILES string of the molecule is COC(=O)c1ccc(C)c(N[C@H](C)C(=O)Nc2ccc(Cl)cc2)c1. The molecule has 0 bridgehead atoms. The monoisotopic (exact) mass is 346 g/mol. The molecule has 0 aliphatic heterocycles. The molecule has 0 aromatic heterocycles. The van der Waals surface area contributed by atoms with E-state index in [1.54, 1.807) is 49.4 Å². The van der Waals surface area contributed by atoms with Crippen molar-refractivity contribution >= 4 is 34.9 Å². The van der Waals surface area contributed by atoms with Crippen LogP contribution < -0.4 is 10.6 Å². The zero-order valence-electron chi connectivity index (χ0n) is 13.7. The van der Waals surface area contributed by atoms with Crippen LogP contribution in [0.25, 0.3) is 0 Å². The fourth-order valence-corrected chi connectivity index (χ4v) is 2.23. The van der Waals surface area contributed by atoms with Crippen LogP contribution in [-0.2, 0) is 9.53 Å². The maximum absolute atomic E-state index is 12.3. The van der Waals surface area contributed by atoms with Crippen molar-refractivity contribution in [3.8, 4) is 0 Å². The van der Waals surface area contributed by atoms with Gasteiger partial charge in [0, 0.05) is 16.4 Å². The maximum Gasteiger partial charge on any atom is 0.337 e. The number of amides is 1. The molecule has 24 heavy (non-hydrogen) atoms. The average Bonchev–Trinajstić information content (AvgIpc) is 2.58. The molecule has 0 unspecified atom stereocenters. The van der Waals surface area contributed by atoms with Crippen LogP contribution >= 0.6 is 11.6 Å². The van der Waals surface area contributed by atoms with Crippen LogP contribution in [0.4, 0.5) is 11.4 Å². The van der Waals surface area contributed by atoms with Gasteiger partial charge in [-0.1, -0.05) is 17.7 Å². The number of ether oxygens (including phenoxy) is 1. The first-order chi connectivity index (χ1) is 11.4. The molecular weight excluding hydrogens is 328 g/mol. The van der Waals surface area contributed by atoms with Crippen LogP contribution in [0.3, 0.4) is 0 Å². The lowest BCUT2D eigenvalue weighted by atomic mass is 10.1. The second kappa shape index (κ2) is 7.84. The summed E-state index contributed by atoms with van der Waals surface area (Å²) in [5.74, 6) is -0.614. The van der Waals surface area contributed by atoms with Crippen LogP contribution in [0, 0.1) is 6.92 Å². The largest absolute Gasteiger partial charge is 0.465 e. The third kappa shape index (κ3) is 4.49. The fraction of sp³-hybridized carbons (Fsp3) is 0.222. The molecule has 2 aromatic rings. The third-order valence-corrected chi connectivity index (χ3v) is 3.79. The number of benzene rings is 2. The van der Waals surface area contributed by atoms with Gasteiger partial charge >= 0.3 is 5.97 Å². The quantitative estimate of drug-likeness (QED) is 0.806. The van der Waals surface area contributed by atoms with E-state index in [1.807, 2.05) is 6.92 Å². The van der Waals surface area contributed by atoms with E-state index < -0.39 is 12.0 Å². The third-order valence-electron chi connectivity index (χ3n) is 3.54. The molecule has 0 saturated heterocycles. The molecule has 2 N–H and O–H groups in total. The van der Waals surface area contributed by atoms with Crippen LogP contribution in [0.2, 0.25) is 5.02 Å². The molecule has 2 aromatic carbocycles. The van der Waals surface area contributed by atoms with Crippen molar-refractivity contribution in [3.63, 3.8) is 0 Å². The molecule has 0 heterocycles. The van der Waals surface area contributed by atoms with Gasteiger partial charge in [0.2, 0.25) is 5.91 Å². The van der Waals surface area contributed by atoms with Gasteiger partial charge < -0.3 is 15.4 Å². The number of rotatable bonds is 5. The predicted octanol–water partition coefficient (Wildman–Crippen LogP) is 3.87. The highest BCUT2D eigenvalue weighted by Crippen LogP contribution is 2.19. The van der Waals surface area contributed by atoms with Crippen LogP contribution in [0.1, 0.15) is 22.8 Å². The number of aryl methyl sites for hydroxylation is 1. The van der Waals surface area contributed by atoms with Gasteiger partial charge in [-0.3, -0.25) is 4.79 Å². The number of halogens is 1. The highest BCUT2D eigenvalue weighted by atomic mass is 35.5. The summed E-state index contributed by atoms with van der Waals surface area (Å²) in [4.78, 5) is 23.9. The lowest BCUT2D eigenvalue weighted by Crippen LogP contribution is -2.32. The molecule has 0 aliphatic carbocycles. The van der Waals surface area contributed by atoms with E-state index in [2.05, 4.69) is 10.6 Å². The van der Waals surface area contributed by atoms with Gasteiger partial charge in [-0.15, -0.1) is 0 Å². The van der Waals surface area contributed by atoms with Gasteiger partial charge in [-0.2, -0.15) is 0 Å². The topological polar surface area (TPSA) is 67.4 Å². The molecule has 0 saturated carbocycles. The van der Waals surface area contributed by atoms with Gasteiger partial charge in [0.25, 0.3) is 0 Å². The Morgan fingerprint density at radius 2 is 1.79 bits per heavy atom. The van der Waals surface area contributed by atoms with E-state index in [1.165, 1.54) is 7.11 Å². The first-order valence-electron chi connectivity index (χ1n) is 7.42. The Balaban J connectivity index is 2.08. The van der Waals surface area contributed by atoms with Crippen molar-refractivity contribution in [3.05, 3.63) is 58.6 Å². The molecule has 2 rings (SSSR count). The number of hydrogen-bond donors (Lipinski definition) is 2. The molecule has 126 valence electrons. The lowest BCUT2D eigenvalue weighted by molar-refractivity contribution is -0.116. The fourth-order valence-electron chi connectivity index (χ4n) is 2.10. The smallest absolute Gasteiger partial charge is 0.337 e. The lowest BCUT2D eigenvalue weighted by Gasteiger charge is -2.17. The van der Waals surface area contributed by atoms with E-state index in [0.29, 0.717) is 22.0 Å². The Hall–Kier alpha value is -2.53. The number of hydrogen-bond acceptors (Lipinski definition) is 4. The van der Waals surface area contributed by atoms with Crippen molar-refractivity contribution < 1.29 is 14.3 Å². The van der Waals surface area contributed by atoms with Crippen LogP contribution in [0.5, 0.6) is 0 Å². The molecule has 1 atom stereocenters. The van der Waals surface area contributed by atoms with E-state index in [9.17, 15) is 9.59 Å². The van der Waals surface area contributed by atoms with Crippen LogP contribution in [-0.4, -0.2) is 25.0 Å². The van der Waals surface area contributed by atoms with Gasteiger partial charge in [-0.05, 0) is 55.8 Å².